The van der Waals surface area contributed by atoms with Gasteiger partial charge in [0.2, 0.25) is 0 Å². The van der Waals surface area contributed by atoms with Crippen molar-refractivity contribution in [2.24, 2.45) is 7.05 Å². The minimum absolute atomic E-state index is 0.0220. The van der Waals surface area contributed by atoms with Crippen LogP contribution < -0.4 is 15.0 Å². The van der Waals surface area contributed by atoms with Gasteiger partial charge < -0.3 is 24.4 Å². The molecule has 0 radical (unpaired) electrons. The summed E-state index contributed by atoms with van der Waals surface area (Å²) in [6.07, 6.45) is 5.09. The number of piperazine rings is 1. The largest absolute Gasteiger partial charge is 0.457 e. The second kappa shape index (κ2) is 10.8. The second-order valence-corrected chi connectivity index (χ2v) is 10.2. The predicted octanol–water partition coefficient (Wildman–Crippen LogP) is 4.82. The van der Waals surface area contributed by atoms with Crippen LogP contribution in [0.25, 0.3) is 21.9 Å². The second-order valence-electron chi connectivity index (χ2n) is 10.2. The summed E-state index contributed by atoms with van der Waals surface area (Å²) in [5, 5.41) is 4.31. The van der Waals surface area contributed by atoms with Crippen LogP contribution in [0.4, 0.5) is 17.3 Å². The SMILES string of the molecule is CC#CC(=O)N1CCN(c2cc3c(Nc4ccc(Oc5ccc6c(c5)ncn6C)c(C)c4)ncnc3cn2)CC1C. The van der Waals surface area contributed by atoms with Gasteiger partial charge in [-0.3, -0.25) is 4.79 Å². The molecular formula is C31H30N8O2. The molecule has 206 valence electrons. The van der Waals surface area contributed by atoms with Crippen molar-refractivity contribution in [2.45, 2.75) is 26.8 Å². The van der Waals surface area contributed by atoms with Crippen LogP contribution in [-0.2, 0) is 11.8 Å². The third kappa shape index (κ3) is 5.22. The summed E-state index contributed by atoms with van der Waals surface area (Å²) in [7, 11) is 1.97. The Bertz CT molecular complexity index is 1840. The van der Waals surface area contributed by atoms with Gasteiger partial charge in [0.15, 0.2) is 0 Å². The van der Waals surface area contributed by atoms with E-state index in [-0.39, 0.29) is 11.9 Å². The van der Waals surface area contributed by atoms with Crippen LogP contribution in [0.3, 0.4) is 0 Å². The Hall–Kier alpha value is -5.17. The third-order valence-electron chi connectivity index (χ3n) is 7.31. The maximum atomic E-state index is 12.3. The lowest BCUT2D eigenvalue weighted by molar-refractivity contribution is -0.127. The maximum Gasteiger partial charge on any atom is 0.298 e. The first-order chi connectivity index (χ1) is 19.9. The van der Waals surface area contributed by atoms with Crippen LogP contribution in [0.2, 0.25) is 0 Å². The number of aryl methyl sites for hydroxylation is 2. The molecule has 4 heterocycles. The van der Waals surface area contributed by atoms with E-state index in [2.05, 4.69) is 42.0 Å². The van der Waals surface area contributed by atoms with E-state index >= 15 is 0 Å². The van der Waals surface area contributed by atoms with Crippen molar-refractivity contribution < 1.29 is 9.53 Å². The van der Waals surface area contributed by atoms with Crippen LogP contribution >= 0.6 is 0 Å². The van der Waals surface area contributed by atoms with E-state index in [1.165, 1.54) is 6.33 Å². The van der Waals surface area contributed by atoms with Crippen LogP contribution in [0.1, 0.15) is 19.4 Å². The van der Waals surface area contributed by atoms with Gasteiger partial charge in [0.05, 0.1) is 29.1 Å². The first kappa shape index (κ1) is 26.1. The predicted molar refractivity (Wildman–Crippen MR) is 159 cm³/mol. The van der Waals surface area contributed by atoms with E-state index in [4.69, 9.17) is 4.74 Å². The Morgan fingerprint density at radius 2 is 1.93 bits per heavy atom. The Morgan fingerprint density at radius 1 is 1.05 bits per heavy atom. The minimum atomic E-state index is -0.132. The zero-order valence-electron chi connectivity index (χ0n) is 23.4. The monoisotopic (exact) mass is 546 g/mol. The first-order valence-electron chi connectivity index (χ1n) is 13.5. The summed E-state index contributed by atoms with van der Waals surface area (Å²) in [4.78, 5) is 34.3. The number of aromatic nitrogens is 5. The highest BCUT2D eigenvalue weighted by atomic mass is 16.5. The Morgan fingerprint density at radius 3 is 2.73 bits per heavy atom. The molecule has 41 heavy (non-hydrogen) atoms. The van der Waals surface area contributed by atoms with E-state index in [0.717, 1.165) is 50.5 Å². The molecule has 2 aromatic carbocycles. The van der Waals surface area contributed by atoms with Crippen LogP contribution in [0.15, 0.2) is 61.3 Å². The molecule has 10 nitrogen and oxygen atoms in total. The summed E-state index contributed by atoms with van der Waals surface area (Å²) in [6.45, 7) is 7.65. The average Bonchev–Trinajstić information content (AvgIpc) is 3.34. The number of ether oxygens (including phenoxy) is 1. The summed E-state index contributed by atoms with van der Waals surface area (Å²) in [5.41, 5.74) is 4.55. The number of hydrogen-bond acceptors (Lipinski definition) is 8. The van der Waals surface area contributed by atoms with Gasteiger partial charge in [-0.15, -0.1) is 0 Å². The molecule has 1 saturated heterocycles. The highest BCUT2D eigenvalue weighted by Gasteiger charge is 2.27. The maximum absolute atomic E-state index is 12.3. The molecule has 0 bridgehead atoms. The fraction of sp³-hybridized carbons (Fsp3) is 0.258. The van der Waals surface area contributed by atoms with Crippen molar-refractivity contribution in [2.75, 3.05) is 29.9 Å². The van der Waals surface area contributed by atoms with E-state index < -0.39 is 0 Å². The number of nitrogens with one attached hydrogen (secondary N) is 1. The molecule has 1 aliphatic rings. The van der Waals surface area contributed by atoms with E-state index in [1.54, 1.807) is 19.4 Å². The molecule has 5 aromatic rings. The molecule has 1 aliphatic heterocycles. The molecule has 1 atom stereocenters. The first-order valence-corrected chi connectivity index (χ1v) is 13.5. The standard InChI is InChI=1S/C31H30N8O2/c1-5-6-30(40)39-12-11-38(17-21(39)3)29-15-24-26(16-32-29)33-18-34-31(24)36-22-7-10-28(20(2)13-22)41-23-8-9-27-25(14-23)35-19-37(27)4/h7-10,13-16,18-19,21H,11-12,17H2,1-4H3,(H,33,34,36). The number of fused-ring (bicyclic) bond motifs is 2. The fourth-order valence-electron chi connectivity index (χ4n) is 5.15. The lowest BCUT2D eigenvalue weighted by Gasteiger charge is -2.39. The number of hydrogen-bond donors (Lipinski definition) is 1. The van der Waals surface area contributed by atoms with Crippen molar-refractivity contribution in [3.63, 3.8) is 0 Å². The number of carbonyl (C=O) groups excluding carboxylic acids is 1. The number of amides is 1. The molecule has 10 heteroatoms. The quantitative estimate of drug-likeness (QED) is 0.313. The van der Waals surface area contributed by atoms with Gasteiger partial charge in [-0.05, 0) is 68.7 Å². The van der Waals surface area contributed by atoms with Crippen molar-refractivity contribution in [1.82, 2.24) is 29.4 Å². The molecule has 6 rings (SSSR count). The highest BCUT2D eigenvalue weighted by Crippen LogP contribution is 2.32. The summed E-state index contributed by atoms with van der Waals surface area (Å²) >= 11 is 0. The summed E-state index contributed by atoms with van der Waals surface area (Å²) in [6, 6.07) is 13.9. The van der Waals surface area contributed by atoms with Gasteiger partial charge in [0, 0.05) is 49.9 Å². The Labute approximate surface area is 238 Å². The average molecular weight is 547 g/mol. The molecule has 0 spiro atoms. The van der Waals surface area contributed by atoms with Crippen LogP contribution in [0, 0.1) is 18.8 Å². The van der Waals surface area contributed by atoms with Gasteiger partial charge in [0.1, 0.15) is 29.5 Å². The van der Waals surface area contributed by atoms with Crippen molar-refractivity contribution in [1.29, 1.82) is 0 Å². The van der Waals surface area contributed by atoms with Gasteiger partial charge in [-0.1, -0.05) is 5.92 Å². The van der Waals surface area contributed by atoms with Crippen LogP contribution in [0.5, 0.6) is 11.5 Å². The molecule has 1 unspecified atom stereocenters. The molecule has 0 saturated carbocycles. The van der Waals surface area contributed by atoms with Crippen molar-refractivity contribution in [3.8, 4) is 23.3 Å². The number of imidazole rings is 1. The lowest BCUT2D eigenvalue weighted by atomic mass is 10.1. The van der Waals surface area contributed by atoms with Gasteiger partial charge in [0.25, 0.3) is 5.91 Å². The molecule has 1 N–H and O–H groups in total. The summed E-state index contributed by atoms with van der Waals surface area (Å²) < 4.78 is 8.16. The molecule has 0 aliphatic carbocycles. The number of nitrogens with zero attached hydrogens (tertiary/aromatic N) is 7. The van der Waals surface area contributed by atoms with Crippen molar-refractivity contribution >= 4 is 45.2 Å². The number of rotatable bonds is 5. The number of carbonyl (C=O) groups is 1. The highest BCUT2D eigenvalue weighted by molar-refractivity contribution is 5.94. The van der Waals surface area contributed by atoms with E-state index in [9.17, 15) is 4.79 Å². The van der Waals surface area contributed by atoms with E-state index in [1.807, 2.05) is 72.8 Å². The van der Waals surface area contributed by atoms with Gasteiger partial charge in [-0.2, -0.15) is 0 Å². The molecule has 1 fully saturated rings. The van der Waals surface area contributed by atoms with Crippen LogP contribution in [-0.4, -0.2) is 61.0 Å². The lowest BCUT2D eigenvalue weighted by Crippen LogP contribution is -2.54. The molecule has 3 aromatic heterocycles. The topological polar surface area (TPSA) is 101 Å². The molecule has 1 amide bonds. The summed E-state index contributed by atoms with van der Waals surface area (Å²) in [5.74, 6) is 8.22. The van der Waals surface area contributed by atoms with Gasteiger partial charge >= 0.3 is 0 Å². The van der Waals surface area contributed by atoms with Gasteiger partial charge in [-0.25, -0.2) is 19.9 Å². The Balaban J connectivity index is 1.21. The normalized spacial score (nSPS) is 15.1. The minimum Gasteiger partial charge on any atom is -0.457 e. The third-order valence-corrected chi connectivity index (χ3v) is 7.31. The zero-order chi connectivity index (χ0) is 28.5. The molecular weight excluding hydrogens is 516 g/mol. The smallest absolute Gasteiger partial charge is 0.298 e. The van der Waals surface area contributed by atoms with E-state index in [0.29, 0.717) is 25.5 Å². The Kier molecular flexibility index (Phi) is 6.85. The number of pyridine rings is 1. The zero-order valence-corrected chi connectivity index (χ0v) is 23.4. The number of benzene rings is 2. The fourth-order valence-corrected chi connectivity index (χ4v) is 5.15. The van der Waals surface area contributed by atoms with Crippen molar-refractivity contribution in [3.05, 3.63) is 66.9 Å². The number of anilines is 3.